The summed E-state index contributed by atoms with van der Waals surface area (Å²) in [5.41, 5.74) is 0. The Balaban J connectivity index is 2.78. The number of thioether (sulfide) groups is 1. The van der Waals surface area contributed by atoms with Crippen molar-refractivity contribution in [2.24, 2.45) is 0 Å². The van der Waals surface area contributed by atoms with Crippen LogP contribution in [0.15, 0.2) is 6.07 Å². The minimum absolute atomic E-state index is 0.0320. The molecule has 0 spiro atoms. The number of thiocyanates is 1. The molecule has 7 heteroatoms. The lowest BCUT2D eigenvalue weighted by Gasteiger charge is -2.04. The van der Waals surface area contributed by atoms with Gasteiger partial charge in [-0.15, -0.1) is 0 Å². The van der Waals surface area contributed by atoms with Crippen LogP contribution in [0.3, 0.4) is 0 Å². The van der Waals surface area contributed by atoms with Gasteiger partial charge in [0, 0.05) is 0 Å². The van der Waals surface area contributed by atoms with E-state index in [0.29, 0.717) is 0 Å². The lowest BCUT2D eigenvalue weighted by Crippen LogP contribution is -1.97. The van der Waals surface area contributed by atoms with Crippen molar-refractivity contribution in [1.29, 1.82) is 5.26 Å². The van der Waals surface area contributed by atoms with Crippen LogP contribution in [0.5, 0.6) is 5.88 Å². The molecular weight excluding hydrogens is 250 g/mol. The number of aromatic nitrogens is 1. The quantitative estimate of drug-likeness (QED) is 0.359. The van der Waals surface area contributed by atoms with Crippen molar-refractivity contribution in [3.05, 3.63) is 22.1 Å². The Bertz CT molecular complexity index is 383. The zero-order valence-electron chi connectivity index (χ0n) is 6.63. The fraction of sp³-hybridized carbons (Fsp3) is 0.143. The predicted molar refractivity (Wildman–Crippen MR) is 52.9 cm³/mol. The smallest absolute Gasteiger partial charge is 0.236 e. The van der Waals surface area contributed by atoms with Crippen LogP contribution in [0.4, 0.5) is 4.39 Å². The van der Waals surface area contributed by atoms with E-state index in [0.717, 1.165) is 11.8 Å². The topological polar surface area (TPSA) is 45.9 Å². The Labute approximate surface area is 93.8 Å². The van der Waals surface area contributed by atoms with Crippen LogP contribution in [-0.4, -0.2) is 10.9 Å². The molecule has 1 rings (SSSR count). The summed E-state index contributed by atoms with van der Waals surface area (Å²) in [5, 5.41) is 9.92. The molecule has 0 aliphatic rings. The van der Waals surface area contributed by atoms with E-state index in [2.05, 4.69) is 4.98 Å². The Kier molecular flexibility index (Phi) is 4.26. The molecule has 74 valence electrons. The molecule has 14 heavy (non-hydrogen) atoms. The van der Waals surface area contributed by atoms with Crippen molar-refractivity contribution in [1.82, 2.24) is 4.98 Å². The fourth-order valence-corrected chi connectivity index (χ4v) is 1.28. The van der Waals surface area contributed by atoms with Crippen LogP contribution in [0.25, 0.3) is 0 Å². The molecule has 0 amide bonds. The molecule has 0 aliphatic carbocycles. The number of rotatable bonds is 3. The molecule has 0 N–H and O–H groups in total. The van der Waals surface area contributed by atoms with Crippen LogP contribution >= 0.6 is 35.0 Å². The van der Waals surface area contributed by atoms with Gasteiger partial charge in [0.05, 0.1) is 5.02 Å². The van der Waals surface area contributed by atoms with Gasteiger partial charge in [0.15, 0.2) is 0 Å². The second-order valence-electron chi connectivity index (χ2n) is 2.05. The summed E-state index contributed by atoms with van der Waals surface area (Å²) in [6, 6.07) is 1.19. The first kappa shape index (κ1) is 11.4. The van der Waals surface area contributed by atoms with E-state index >= 15 is 0 Å². The van der Waals surface area contributed by atoms with Gasteiger partial charge in [0.25, 0.3) is 0 Å². The monoisotopic (exact) mass is 252 g/mol. The molecule has 1 aromatic heterocycles. The zero-order chi connectivity index (χ0) is 10.6. The first-order valence-corrected chi connectivity index (χ1v) is 5.04. The first-order chi connectivity index (χ1) is 6.65. The standard InChI is InChI=1S/C7H3Cl2FN2OS/c8-4-1-5(9)7(12-6(4)10)13-3-14-2-11/h1H,3H2. The Morgan fingerprint density at radius 3 is 2.93 bits per heavy atom. The summed E-state index contributed by atoms with van der Waals surface area (Å²) in [7, 11) is 0. The maximum absolute atomic E-state index is 12.8. The lowest BCUT2D eigenvalue weighted by molar-refractivity contribution is 0.369. The number of hydrogen-bond donors (Lipinski definition) is 0. The maximum atomic E-state index is 12.8. The number of nitrogens with zero attached hydrogens (tertiary/aromatic N) is 2. The lowest BCUT2D eigenvalue weighted by atomic mass is 10.5. The van der Waals surface area contributed by atoms with Crippen molar-refractivity contribution < 1.29 is 9.13 Å². The van der Waals surface area contributed by atoms with Gasteiger partial charge in [-0.25, -0.2) is 0 Å². The third-order valence-corrected chi connectivity index (χ3v) is 2.07. The highest BCUT2D eigenvalue weighted by atomic mass is 35.5. The van der Waals surface area contributed by atoms with Crippen molar-refractivity contribution in [3.8, 4) is 11.3 Å². The number of ether oxygens (including phenoxy) is 1. The molecule has 0 saturated heterocycles. The fourth-order valence-electron chi connectivity index (χ4n) is 0.641. The second-order valence-corrected chi connectivity index (χ2v) is 3.57. The van der Waals surface area contributed by atoms with Crippen LogP contribution < -0.4 is 4.74 Å². The second kappa shape index (κ2) is 5.25. The summed E-state index contributed by atoms with van der Waals surface area (Å²) in [5.74, 6) is -0.895. The summed E-state index contributed by atoms with van der Waals surface area (Å²) in [6.45, 7) is 0. The van der Waals surface area contributed by atoms with Gasteiger partial charge in [-0.1, -0.05) is 23.2 Å². The Morgan fingerprint density at radius 1 is 1.57 bits per heavy atom. The van der Waals surface area contributed by atoms with Gasteiger partial charge in [-0.05, 0) is 17.8 Å². The summed E-state index contributed by atoms with van der Waals surface area (Å²) in [4.78, 5) is 3.37. The molecule has 1 aromatic rings. The van der Waals surface area contributed by atoms with E-state index in [9.17, 15) is 4.39 Å². The van der Waals surface area contributed by atoms with Crippen molar-refractivity contribution >= 4 is 35.0 Å². The van der Waals surface area contributed by atoms with Gasteiger partial charge >= 0.3 is 0 Å². The van der Waals surface area contributed by atoms with E-state index in [1.807, 2.05) is 0 Å². The zero-order valence-corrected chi connectivity index (χ0v) is 8.96. The first-order valence-electron chi connectivity index (χ1n) is 3.30. The average Bonchev–Trinajstić information content (AvgIpc) is 2.14. The third kappa shape index (κ3) is 2.91. The Morgan fingerprint density at radius 2 is 2.29 bits per heavy atom. The molecule has 0 saturated carbocycles. The largest absolute Gasteiger partial charge is 0.464 e. The predicted octanol–water partition coefficient (Wildman–Crippen LogP) is 3.08. The van der Waals surface area contributed by atoms with Gasteiger partial charge in [-0.2, -0.15) is 14.6 Å². The van der Waals surface area contributed by atoms with E-state index < -0.39 is 5.95 Å². The van der Waals surface area contributed by atoms with Crippen molar-refractivity contribution in [2.45, 2.75) is 0 Å². The van der Waals surface area contributed by atoms with Gasteiger partial charge in [0.2, 0.25) is 11.8 Å². The number of hydrogen-bond acceptors (Lipinski definition) is 4. The third-order valence-electron chi connectivity index (χ3n) is 1.17. The maximum Gasteiger partial charge on any atom is 0.236 e. The van der Waals surface area contributed by atoms with E-state index in [4.69, 9.17) is 33.2 Å². The minimum Gasteiger partial charge on any atom is -0.464 e. The van der Waals surface area contributed by atoms with E-state index in [1.54, 1.807) is 5.40 Å². The number of halogens is 3. The molecule has 1 heterocycles. The highest BCUT2D eigenvalue weighted by Crippen LogP contribution is 2.27. The molecule has 0 unspecified atom stereocenters. The van der Waals surface area contributed by atoms with Gasteiger partial charge < -0.3 is 4.74 Å². The molecular formula is C7H3Cl2FN2OS. The number of nitriles is 1. The molecule has 0 bridgehead atoms. The molecule has 3 nitrogen and oxygen atoms in total. The minimum atomic E-state index is -0.854. The SMILES string of the molecule is N#CSCOc1nc(F)c(Cl)cc1Cl. The van der Waals surface area contributed by atoms with Crippen LogP contribution in [-0.2, 0) is 0 Å². The molecule has 0 aliphatic heterocycles. The summed E-state index contributed by atoms with van der Waals surface area (Å²) >= 11 is 11.9. The van der Waals surface area contributed by atoms with E-state index in [1.165, 1.54) is 6.07 Å². The van der Waals surface area contributed by atoms with E-state index in [-0.39, 0.29) is 21.9 Å². The molecule has 0 fully saturated rings. The van der Waals surface area contributed by atoms with Crippen molar-refractivity contribution in [3.63, 3.8) is 0 Å². The molecule has 0 atom stereocenters. The highest BCUT2D eigenvalue weighted by Gasteiger charge is 2.09. The van der Waals surface area contributed by atoms with Crippen LogP contribution in [0.2, 0.25) is 10.0 Å². The summed E-state index contributed by atoms with van der Waals surface area (Å²) < 4.78 is 17.7. The highest BCUT2D eigenvalue weighted by molar-refractivity contribution is 8.03. The van der Waals surface area contributed by atoms with Gasteiger partial charge in [-0.3, -0.25) is 0 Å². The normalized spacial score (nSPS) is 9.57. The average molecular weight is 253 g/mol. The summed E-state index contributed by atoms with van der Waals surface area (Å²) in [6.07, 6.45) is 0. The van der Waals surface area contributed by atoms with Crippen LogP contribution in [0, 0.1) is 16.6 Å². The van der Waals surface area contributed by atoms with Crippen LogP contribution in [0.1, 0.15) is 0 Å². The van der Waals surface area contributed by atoms with Crippen molar-refractivity contribution in [2.75, 3.05) is 5.94 Å². The molecule has 0 aromatic carbocycles. The molecule has 0 radical (unpaired) electrons. The number of pyridine rings is 1. The Hall–Kier alpha value is -0.700. The van der Waals surface area contributed by atoms with Gasteiger partial charge in [0.1, 0.15) is 16.4 Å².